The summed E-state index contributed by atoms with van der Waals surface area (Å²) in [6.45, 7) is 0. The number of rotatable bonds is 2. The number of hydrogen-bond acceptors (Lipinski definition) is 4. The van der Waals surface area contributed by atoms with Crippen molar-refractivity contribution in [3.63, 3.8) is 0 Å². The van der Waals surface area contributed by atoms with Crippen LogP contribution in [-0.4, -0.2) is 18.7 Å². The molecule has 0 aromatic heterocycles. The lowest BCUT2D eigenvalue weighted by molar-refractivity contribution is -0.122. The second-order valence-electron chi connectivity index (χ2n) is 4.46. The molecule has 1 heterocycles. The average molecular weight is 268 g/mol. The Morgan fingerprint density at radius 3 is 2.40 bits per heavy atom. The van der Waals surface area contributed by atoms with Crippen molar-refractivity contribution < 1.29 is 19.1 Å². The van der Waals surface area contributed by atoms with E-state index in [1.54, 1.807) is 55.6 Å². The van der Waals surface area contributed by atoms with E-state index >= 15 is 0 Å². The number of ketones is 2. The van der Waals surface area contributed by atoms with Crippen molar-refractivity contribution in [1.82, 2.24) is 0 Å². The standard InChI is InChI=1S/C16H12O4/c1-19-11-8-6-10(7-9-11)16-15(18)14(17)12-4-2-3-5-13(12)20-16/h2-9,16H,1H3/t16-/m0/s1. The molecule has 0 saturated carbocycles. The Hall–Kier alpha value is -2.62. The van der Waals surface area contributed by atoms with Gasteiger partial charge in [0.25, 0.3) is 0 Å². The smallest absolute Gasteiger partial charge is 0.248 e. The highest BCUT2D eigenvalue weighted by atomic mass is 16.5. The maximum Gasteiger partial charge on any atom is 0.248 e. The van der Waals surface area contributed by atoms with Gasteiger partial charge in [-0.15, -0.1) is 0 Å². The molecule has 1 aliphatic rings. The molecule has 100 valence electrons. The number of para-hydroxylation sites is 1. The van der Waals surface area contributed by atoms with Crippen LogP contribution in [0.2, 0.25) is 0 Å². The van der Waals surface area contributed by atoms with E-state index in [-0.39, 0.29) is 0 Å². The zero-order valence-corrected chi connectivity index (χ0v) is 10.8. The monoisotopic (exact) mass is 268 g/mol. The van der Waals surface area contributed by atoms with Crippen LogP contribution in [0, 0.1) is 0 Å². The molecular weight excluding hydrogens is 256 g/mol. The maximum atomic E-state index is 12.1. The van der Waals surface area contributed by atoms with Crippen LogP contribution < -0.4 is 9.47 Å². The third-order valence-electron chi connectivity index (χ3n) is 3.26. The first-order valence-corrected chi connectivity index (χ1v) is 6.19. The normalized spacial score (nSPS) is 17.4. The number of fused-ring (bicyclic) bond motifs is 1. The van der Waals surface area contributed by atoms with Gasteiger partial charge in [-0.2, -0.15) is 0 Å². The maximum absolute atomic E-state index is 12.1. The summed E-state index contributed by atoms with van der Waals surface area (Å²) in [6, 6.07) is 13.7. The zero-order valence-electron chi connectivity index (χ0n) is 10.8. The number of methoxy groups -OCH3 is 1. The van der Waals surface area contributed by atoms with Crippen molar-refractivity contribution in [2.45, 2.75) is 6.10 Å². The van der Waals surface area contributed by atoms with Gasteiger partial charge < -0.3 is 9.47 Å². The highest BCUT2D eigenvalue weighted by Gasteiger charge is 2.36. The Morgan fingerprint density at radius 2 is 1.70 bits per heavy atom. The summed E-state index contributed by atoms with van der Waals surface area (Å²) in [5, 5.41) is 0. The van der Waals surface area contributed by atoms with E-state index in [1.165, 1.54) is 0 Å². The number of carbonyl (C=O) groups is 2. The van der Waals surface area contributed by atoms with E-state index < -0.39 is 17.7 Å². The Balaban J connectivity index is 1.99. The first-order valence-electron chi connectivity index (χ1n) is 6.19. The molecular formula is C16H12O4. The first-order chi connectivity index (χ1) is 9.70. The van der Waals surface area contributed by atoms with E-state index in [2.05, 4.69) is 0 Å². The summed E-state index contributed by atoms with van der Waals surface area (Å²) in [4.78, 5) is 24.2. The number of hydrogen-bond donors (Lipinski definition) is 0. The van der Waals surface area contributed by atoms with Gasteiger partial charge in [-0.25, -0.2) is 0 Å². The minimum atomic E-state index is -0.886. The van der Waals surface area contributed by atoms with Crippen molar-refractivity contribution in [3.05, 3.63) is 59.7 Å². The molecule has 4 nitrogen and oxygen atoms in total. The molecule has 0 bridgehead atoms. The van der Waals surface area contributed by atoms with Gasteiger partial charge in [0.1, 0.15) is 11.5 Å². The van der Waals surface area contributed by atoms with Crippen LogP contribution in [0.4, 0.5) is 0 Å². The molecule has 2 aromatic rings. The van der Waals surface area contributed by atoms with Gasteiger partial charge in [-0.3, -0.25) is 9.59 Å². The molecule has 0 spiro atoms. The van der Waals surface area contributed by atoms with E-state index in [9.17, 15) is 9.59 Å². The van der Waals surface area contributed by atoms with Crippen molar-refractivity contribution in [2.24, 2.45) is 0 Å². The minimum absolute atomic E-state index is 0.322. The summed E-state index contributed by atoms with van der Waals surface area (Å²) in [5.74, 6) is 0.0724. The fraction of sp³-hybridized carbons (Fsp3) is 0.125. The SMILES string of the molecule is COc1ccc([C@@H]2Oc3ccccc3C(=O)C2=O)cc1. The molecule has 0 fully saturated rings. The van der Waals surface area contributed by atoms with Crippen molar-refractivity contribution >= 4 is 11.6 Å². The van der Waals surface area contributed by atoms with Gasteiger partial charge >= 0.3 is 0 Å². The predicted octanol–water partition coefficient (Wildman–Crippen LogP) is 2.58. The highest BCUT2D eigenvalue weighted by Crippen LogP contribution is 2.33. The van der Waals surface area contributed by atoms with Gasteiger partial charge in [0.15, 0.2) is 6.10 Å². The lowest BCUT2D eigenvalue weighted by atomic mass is 9.95. The third kappa shape index (κ3) is 1.95. The number of Topliss-reactive ketones (excluding diaryl/α,β-unsaturated/α-hetero) is 2. The van der Waals surface area contributed by atoms with Crippen molar-refractivity contribution in [2.75, 3.05) is 7.11 Å². The summed E-state index contributed by atoms with van der Waals surface area (Å²) < 4.78 is 10.7. The number of carbonyl (C=O) groups excluding carboxylic acids is 2. The molecule has 1 aliphatic heterocycles. The van der Waals surface area contributed by atoms with E-state index in [1.807, 2.05) is 0 Å². The lowest BCUT2D eigenvalue weighted by Gasteiger charge is -2.24. The largest absolute Gasteiger partial charge is 0.497 e. The van der Waals surface area contributed by atoms with Crippen LogP contribution in [0.25, 0.3) is 0 Å². The average Bonchev–Trinajstić information content (AvgIpc) is 2.51. The second-order valence-corrected chi connectivity index (χ2v) is 4.46. The first kappa shape index (κ1) is 12.4. The molecule has 0 amide bonds. The van der Waals surface area contributed by atoms with Gasteiger partial charge in [0.2, 0.25) is 11.6 Å². The molecule has 0 N–H and O–H groups in total. The molecule has 20 heavy (non-hydrogen) atoms. The summed E-state index contributed by atoms with van der Waals surface area (Å²) >= 11 is 0. The Bertz CT molecular complexity index is 673. The molecule has 4 heteroatoms. The number of benzene rings is 2. The minimum Gasteiger partial charge on any atom is -0.497 e. The molecule has 1 atom stereocenters. The van der Waals surface area contributed by atoms with Crippen molar-refractivity contribution in [1.29, 1.82) is 0 Å². The molecule has 3 rings (SSSR count). The van der Waals surface area contributed by atoms with Gasteiger partial charge in [-0.05, 0) is 24.3 Å². The zero-order chi connectivity index (χ0) is 14.1. The van der Waals surface area contributed by atoms with Crippen molar-refractivity contribution in [3.8, 4) is 11.5 Å². The fourth-order valence-corrected chi connectivity index (χ4v) is 2.19. The third-order valence-corrected chi connectivity index (χ3v) is 3.26. The second kappa shape index (κ2) is 4.81. The van der Waals surface area contributed by atoms with Gasteiger partial charge in [0.05, 0.1) is 12.7 Å². The highest BCUT2D eigenvalue weighted by molar-refractivity contribution is 6.46. The number of ether oxygens (including phenoxy) is 2. The summed E-state index contributed by atoms with van der Waals surface area (Å²) in [6.07, 6.45) is -0.886. The molecule has 0 unspecified atom stereocenters. The predicted molar refractivity (Wildman–Crippen MR) is 72.1 cm³/mol. The van der Waals surface area contributed by atoms with Crippen LogP contribution in [0.3, 0.4) is 0 Å². The van der Waals surface area contributed by atoms with Gasteiger partial charge in [0, 0.05) is 5.56 Å². The van der Waals surface area contributed by atoms with Crippen LogP contribution in [-0.2, 0) is 4.79 Å². The van der Waals surface area contributed by atoms with Crippen LogP contribution in [0.5, 0.6) is 11.5 Å². The summed E-state index contributed by atoms with van der Waals surface area (Å²) in [5.41, 5.74) is 0.959. The lowest BCUT2D eigenvalue weighted by Crippen LogP contribution is -2.31. The van der Waals surface area contributed by atoms with Crippen LogP contribution in [0.1, 0.15) is 22.0 Å². The topological polar surface area (TPSA) is 52.6 Å². The molecule has 0 radical (unpaired) electrons. The summed E-state index contributed by atoms with van der Waals surface area (Å²) in [7, 11) is 1.57. The van der Waals surface area contributed by atoms with Crippen LogP contribution >= 0.6 is 0 Å². The fourth-order valence-electron chi connectivity index (χ4n) is 2.19. The Kier molecular flexibility index (Phi) is 2.99. The molecule has 0 aliphatic carbocycles. The van der Waals surface area contributed by atoms with Crippen LogP contribution in [0.15, 0.2) is 48.5 Å². The molecule has 0 saturated heterocycles. The quantitative estimate of drug-likeness (QED) is 0.785. The van der Waals surface area contributed by atoms with E-state index in [4.69, 9.17) is 9.47 Å². The Morgan fingerprint density at radius 1 is 1.00 bits per heavy atom. The Labute approximate surface area is 115 Å². The molecule has 2 aromatic carbocycles. The van der Waals surface area contributed by atoms with E-state index in [0.717, 1.165) is 0 Å². The van der Waals surface area contributed by atoms with Gasteiger partial charge in [-0.1, -0.05) is 24.3 Å². The van der Waals surface area contributed by atoms with E-state index in [0.29, 0.717) is 22.6 Å².